The molecule has 6 heteroatoms. The predicted octanol–water partition coefficient (Wildman–Crippen LogP) is 3.40. The maximum Gasteiger partial charge on any atom is 0.226 e. The van der Waals surface area contributed by atoms with Crippen LogP contribution in [0.1, 0.15) is 35.9 Å². The number of anilines is 1. The number of ketones is 1. The van der Waals surface area contributed by atoms with Crippen molar-refractivity contribution in [2.24, 2.45) is 0 Å². The molecular weight excluding hydrogens is 340 g/mol. The van der Waals surface area contributed by atoms with E-state index < -0.39 is 0 Å². The summed E-state index contributed by atoms with van der Waals surface area (Å²) in [7, 11) is 0. The number of carbonyl (C=O) groups excluding carboxylic acids is 1. The van der Waals surface area contributed by atoms with Gasteiger partial charge in [0.25, 0.3) is 0 Å². The van der Waals surface area contributed by atoms with E-state index in [2.05, 4.69) is 15.4 Å². The summed E-state index contributed by atoms with van der Waals surface area (Å²) in [5.74, 6) is 0.883. The lowest BCUT2D eigenvalue weighted by molar-refractivity contribution is -0.116. The van der Waals surface area contributed by atoms with Crippen LogP contribution < -0.4 is 5.32 Å². The molecule has 0 spiro atoms. The van der Waals surface area contributed by atoms with Gasteiger partial charge in [-0.3, -0.25) is 4.79 Å². The molecule has 2 N–H and O–H groups in total. The first-order chi connectivity index (χ1) is 13.2. The number of carbonyl (C=O) groups is 1. The van der Waals surface area contributed by atoms with Gasteiger partial charge in [0, 0.05) is 23.6 Å². The fourth-order valence-corrected chi connectivity index (χ4v) is 4.15. The Morgan fingerprint density at radius 1 is 1.04 bits per heavy atom. The first-order valence-electron chi connectivity index (χ1n) is 8.98. The summed E-state index contributed by atoms with van der Waals surface area (Å²) < 4.78 is 1.77. The van der Waals surface area contributed by atoms with Crippen molar-refractivity contribution in [2.45, 2.75) is 24.8 Å². The Labute approximate surface area is 156 Å². The first-order valence-corrected chi connectivity index (χ1v) is 8.98. The Morgan fingerprint density at radius 2 is 1.81 bits per heavy atom. The molecule has 6 nitrogen and oxygen atoms in total. The molecule has 5 rings (SSSR count). The zero-order valence-electron chi connectivity index (χ0n) is 14.5. The zero-order valence-corrected chi connectivity index (χ0v) is 14.5. The lowest BCUT2D eigenvalue weighted by atomic mass is 9.77. The van der Waals surface area contributed by atoms with Crippen molar-refractivity contribution in [3.8, 4) is 5.75 Å². The van der Waals surface area contributed by atoms with Crippen LogP contribution in [0.15, 0.2) is 72.2 Å². The van der Waals surface area contributed by atoms with E-state index in [0.29, 0.717) is 18.8 Å². The molecule has 0 radical (unpaired) electrons. The average molecular weight is 358 g/mol. The van der Waals surface area contributed by atoms with Gasteiger partial charge >= 0.3 is 0 Å². The first kappa shape index (κ1) is 15.8. The number of para-hydroxylation sites is 1. The summed E-state index contributed by atoms with van der Waals surface area (Å²) in [4.78, 5) is 17.5. The van der Waals surface area contributed by atoms with E-state index in [4.69, 9.17) is 0 Å². The third-order valence-electron chi connectivity index (χ3n) is 5.35. The van der Waals surface area contributed by atoms with Crippen LogP contribution in [0.25, 0.3) is 0 Å². The second-order valence-electron chi connectivity index (χ2n) is 6.95. The highest BCUT2D eigenvalue weighted by molar-refractivity contribution is 6.00. The molecule has 0 saturated heterocycles. The van der Waals surface area contributed by atoms with Crippen LogP contribution in [0.4, 0.5) is 5.95 Å². The van der Waals surface area contributed by atoms with Crippen LogP contribution in [0.5, 0.6) is 5.75 Å². The lowest BCUT2D eigenvalue weighted by Gasteiger charge is -2.35. The van der Waals surface area contributed by atoms with Crippen molar-refractivity contribution < 1.29 is 9.90 Å². The van der Waals surface area contributed by atoms with Gasteiger partial charge in [-0.1, -0.05) is 48.5 Å². The van der Waals surface area contributed by atoms with Crippen molar-refractivity contribution in [2.75, 3.05) is 5.32 Å². The minimum Gasteiger partial charge on any atom is -0.508 e. The summed E-state index contributed by atoms with van der Waals surface area (Å²) in [6.07, 6.45) is 2.52. The van der Waals surface area contributed by atoms with Gasteiger partial charge in [-0.25, -0.2) is 4.68 Å². The molecule has 0 unspecified atom stereocenters. The van der Waals surface area contributed by atoms with Crippen LogP contribution in [0, 0.1) is 0 Å². The number of fused-ring (bicyclic) bond motifs is 1. The van der Waals surface area contributed by atoms with Crippen molar-refractivity contribution in [3.63, 3.8) is 0 Å². The molecule has 134 valence electrons. The SMILES string of the molecule is O=C1C[C@@H](c2ccccc2O)CC2=C1[C@H](c1ccccc1)n1ncnc1N2. The van der Waals surface area contributed by atoms with E-state index in [9.17, 15) is 9.90 Å². The number of hydrogen-bond donors (Lipinski definition) is 2. The molecule has 1 aliphatic heterocycles. The second kappa shape index (κ2) is 6.09. The number of aromatic hydroxyl groups is 1. The molecule has 2 atom stereocenters. The second-order valence-corrected chi connectivity index (χ2v) is 6.95. The standard InChI is InChI=1S/C21H18N4O2/c26-17-9-5-4-8-15(17)14-10-16-19(18(27)11-14)20(13-6-2-1-3-7-13)25-21(24-16)22-12-23-25/h1-9,12,14,20,26H,10-11H2,(H,22,23,24)/t14-,20-/m0/s1. The Morgan fingerprint density at radius 3 is 2.63 bits per heavy atom. The molecule has 1 aliphatic carbocycles. The van der Waals surface area contributed by atoms with Gasteiger partial charge in [0.2, 0.25) is 5.95 Å². The number of nitrogens with one attached hydrogen (secondary N) is 1. The summed E-state index contributed by atoms with van der Waals surface area (Å²) >= 11 is 0. The van der Waals surface area contributed by atoms with Gasteiger partial charge in [0.05, 0.1) is 0 Å². The normalized spacial score (nSPS) is 21.4. The summed E-state index contributed by atoms with van der Waals surface area (Å²) in [6, 6.07) is 16.9. The largest absolute Gasteiger partial charge is 0.508 e. The van der Waals surface area contributed by atoms with Gasteiger partial charge < -0.3 is 10.4 Å². The topological polar surface area (TPSA) is 80.0 Å². The third kappa shape index (κ3) is 2.52. The van der Waals surface area contributed by atoms with Crippen LogP contribution in [0.3, 0.4) is 0 Å². The van der Waals surface area contributed by atoms with E-state index in [1.54, 1.807) is 16.8 Å². The zero-order chi connectivity index (χ0) is 18.4. The fraction of sp³-hybridized carbons (Fsp3) is 0.190. The number of allylic oxidation sites excluding steroid dienone is 2. The number of phenols is 1. The van der Waals surface area contributed by atoms with Gasteiger partial charge in [0.1, 0.15) is 18.1 Å². The maximum atomic E-state index is 13.2. The number of rotatable bonds is 2. The van der Waals surface area contributed by atoms with Crippen LogP contribution in [0.2, 0.25) is 0 Å². The number of benzene rings is 2. The van der Waals surface area contributed by atoms with E-state index in [1.807, 2.05) is 42.5 Å². The summed E-state index contributed by atoms with van der Waals surface area (Å²) in [5.41, 5.74) is 3.43. The number of hydrogen-bond acceptors (Lipinski definition) is 5. The molecule has 2 heterocycles. The van der Waals surface area contributed by atoms with E-state index in [1.165, 1.54) is 6.33 Å². The van der Waals surface area contributed by atoms with Gasteiger partial charge in [-0.05, 0) is 23.6 Å². The van der Waals surface area contributed by atoms with Crippen molar-refractivity contribution in [3.05, 3.63) is 83.3 Å². The van der Waals surface area contributed by atoms with E-state index in [-0.39, 0.29) is 23.5 Å². The number of phenolic OH excluding ortho intramolecular Hbond substituents is 1. The minimum absolute atomic E-state index is 0.0594. The summed E-state index contributed by atoms with van der Waals surface area (Å²) in [5, 5.41) is 17.9. The Hall–Kier alpha value is -3.41. The molecule has 27 heavy (non-hydrogen) atoms. The van der Waals surface area contributed by atoms with Gasteiger partial charge in [-0.2, -0.15) is 10.1 Å². The molecule has 2 aromatic carbocycles. The molecule has 0 amide bonds. The summed E-state index contributed by atoms with van der Waals surface area (Å²) in [6.45, 7) is 0. The monoisotopic (exact) mass is 358 g/mol. The third-order valence-corrected chi connectivity index (χ3v) is 5.35. The highest BCUT2D eigenvalue weighted by Gasteiger charge is 2.39. The number of aromatic nitrogens is 3. The van der Waals surface area contributed by atoms with Gasteiger partial charge in [0.15, 0.2) is 5.78 Å². The van der Waals surface area contributed by atoms with Crippen LogP contribution >= 0.6 is 0 Å². The smallest absolute Gasteiger partial charge is 0.226 e. The highest BCUT2D eigenvalue weighted by Crippen LogP contribution is 2.44. The van der Waals surface area contributed by atoms with Crippen molar-refractivity contribution in [1.82, 2.24) is 14.8 Å². The van der Waals surface area contributed by atoms with Crippen LogP contribution in [-0.4, -0.2) is 25.7 Å². The fourth-order valence-electron chi connectivity index (χ4n) is 4.15. The molecule has 2 aliphatic rings. The van der Waals surface area contributed by atoms with Gasteiger partial charge in [-0.15, -0.1) is 0 Å². The minimum atomic E-state index is -0.280. The lowest BCUT2D eigenvalue weighted by Crippen LogP contribution is -2.33. The highest BCUT2D eigenvalue weighted by atomic mass is 16.3. The number of Topliss-reactive ketones (excluding diaryl/α,β-unsaturated/α-hetero) is 1. The average Bonchev–Trinajstić information content (AvgIpc) is 3.15. The Kier molecular flexibility index (Phi) is 3.57. The quantitative estimate of drug-likeness (QED) is 0.734. The molecule has 1 aromatic heterocycles. The van der Waals surface area contributed by atoms with E-state index >= 15 is 0 Å². The van der Waals surface area contributed by atoms with E-state index in [0.717, 1.165) is 22.4 Å². The Balaban J connectivity index is 1.61. The van der Waals surface area contributed by atoms with Crippen LogP contribution in [-0.2, 0) is 4.79 Å². The molecule has 0 saturated carbocycles. The van der Waals surface area contributed by atoms with Crippen molar-refractivity contribution >= 4 is 11.7 Å². The maximum absolute atomic E-state index is 13.2. The molecule has 3 aromatic rings. The molecule has 0 bridgehead atoms. The Bertz CT molecular complexity index is 1050. The predicted molar refractivity (Wildman–Crippen MR) is 100 cm³/mol. The molecule has 0 fully saturated rings. The number of nitrogens with zero attached hydrogens (tertiary/aromatic N) is 3. The van der Waals surface area contributed by atoms with Crippen molar-refractivity contribution in [1.29, 1.82) is 0 Å². The molecular formula is C21H18N4O2.